The second-order valence-electron chi connectivity index (χ2n) is 4.62. The summed E-state index contributed by atoms with van der Waals surface area (Å²) in [5.74, 6) is -0.384. The Morgan fingerprint density at radius 3 is 2.41 bits per heavy atom. The number of aliphatic hydroxyl groups is 1. The molecule has 0 aromatic rings. The maximum absolute atomic E-state index is 11.0. The number of hydrogen-bond acceptors (Lipinski definition) is 5. The number of hydrogen-bond donors (Lipinski definition) is 1. The van der Waals surface area contributed by atoms with E-state index in [1.807, 2.05) is 0 Å². The maximum atomic E-state index is 11.0. The largest absolute Gasteiger partial charge is 0.469 e. The van der Waals surface area contributed by atoms with Gasteiger partial charge in [0.15, 0.2) is 0 Å². The van der Waals surface area contributed by atoms with E-state index in [0.29, 0.717) is 6.41 Å². The van der Waals surface area contributed by atoms with Crippen LogP contribution in [0.5, 0.6) is 0 Å². The summed E-state index contributed by atoms with van der Waals surface area (Å²) in [6, 6.07) is -0.550. The van der Waals surface area contributed by atoms with Crippen LogP contribution in [0.2, 0.25) is 0 Å². The molecule has 0 saturated carbocycles. The molecule has 17 heavy (non-hydrogen) atoms. The number of carbonyl (C=O) groups is 2. The van der Waals surface area contributed by atoms with Crippen molar-refractivity contribution in [3.05, 3.63) is 0 Å². The first kappa shape index (κ1) is 15.9. The van der Waals surface area contributed by atoms with Crippen molar-refractivity contribution in [3.8, 4) is 0 Å². The predicted octanol–water partition coefficient (Wildman–Crippen LogP) is 0.489. The first-order valence-corrected chi connectivity index (χ1v) is 5.44. The Morgan fingerprint density at radius 2 is 2.06 bits per heavy atom. The Kier molecular flexibility index (Phi) is 6.75. The number of ether oxygens (including phenoxy) is 1. The summed E-state index contributed by atoms with van der Waals surface area (Å²) in [5.41, 5.74) is -0.542. The van der Waals surface area contributed by atoms with Crippen LogP contribution in [-0.4, -0.2) is 47.9 Å². The molecule has 0 aliphatic rings. The van der Waals surface area contributed by atoms with E-state index in [1.165, 1.54) is 7.11 Å². The minimum absolute atomic E-state index is 0.125. The third-order valence-corrected chi connectivity index (χ3v) is 1.96. The van der Waals surface area contributed by atoms with E-state index < -0.39 is 11.6 Å². The van der Waals surface area contributed by atoms with Gasteiger partial charge < -0.3 is 9.84 Å². The lowest BCUT2D eigenvalue weighted by atomic mass is 10.1. The number of nitrogens with zero attached hydrogens (tertiary/aromatic N) is 1. The third kappa shape index (κ3) is 6.91. The van der Waals surface area contributed by atoms with Crippen molar-refractivity contribution in [1.29, 1.82) is 0 Å². The van der Waals surface area contributed by atoms with Crippen LogP contribution in [0.1, 0.15) is 33.6 Å². The number of hydroxylamine groups is 2. The minimum Gasteiger partial charge on any atom is -0.469 e. The summed E-state index contributed by atoms with van der Waals surface area (Å²) in [6.45, 7) is 5.10. The molecule has 0 aliphatic heterocycles. The summed E-state index contributed by atoms with van der Waals surface area (Å²) < 4.78 is 4.49. The lowest BCUT2D eigenvalue weighted by Crippen LogP contribution is -2.42. The second-order valence-corrected chi connectivity index (χ2v) is 4.62. The van der Waals surface area contributed by atoms with Gasteiger partial charge in [0.2, 0.25) is 6.41 Å². The van der Waals surface area contributed by atoms with Crippen LogP contribution in [0.3, 0.4) is 0 Å². The average molecular weight is 247 g/mol. The average Bonchev–Trinajstić information content (AvgIpc) is 2.26. The summed E-state index contributed by atoms with van der Waals surface area (Å²) in [5, 5.41) is 10.2. The Morgan fingerprint density at radius 1 is 1.47 bits per heavy atom. The highest BCUT2D eigenvalue weighted by Gasteiger charge is 2.23. The molecule has 1 amide bonds. The molecule has 0 radical (unpaired) electrons. The van der Waals surface area contributed by atoms with Crippen LogP contribution in [0.15, 0.2) is 0 Å². The summed E-state index contributed by atoms with van der Waals surface area (Å²) in [7, 11) is 1.29. The third-order valence-electron chi connectivity index (χ3n) is 1.96. The van der Waals surface area contributed by atoms with Gasteiger partial charge in [-0.15, -0.1) is 0 Å². The lowest BCUT2D eigenvalue weighted by molar-refractivity contribution is -0.236. The molecule has 0 aromatic carbocycles. The normalized spacial score (nSPS) is 13.0. The maximum Gasteiger partial charge on any atom is 0.305 e. The van der Waals surface area contributed by atoms with Gasteiger partial charge in [-0.25, -0.2) is 5.06 Å². The van der Waals surface area contributed by atoms with E-state index in [4.69, 9.17) is 4.84 Å². The van der Waals surface area contributed by atoms with E-state index in [2.05, 4.69) is 4.74 Å². The van der Waals surface area contributed by atoms with E-state index >= 15 is 0 Å². The van der Waals surface area contributed by atoms with Crippen molar-refractivity contribution < 1.29 is 24.3 Å². The van der Waals surface area contributed by atoms with Crippen molar-refractivity contribution in [1.82, 2.24) is 5.06 Å². The van der Waals surface area contributed by atoms with Crippen molar-refractivity contribution in [2.24, 2.45) is 0 Å². The van der Waals surface area contributed by atoms with Gasteiger partial charge in [-0.05, 0) is 27.2 Å². The van der Waals surface area contributed by atoms with Crippen molar-refractivity contribution in [2.75, 3.05) is 13.7 Å². The number of carbonyl (C=O) groups excluding carboxylic acids is 2. The topological polar surface area (TPSA) is 76.1 Å². The van der Waals surface area contributed by atoms with Gasteiger partial charge in [0.25, 0.3) is 0 Å². The SMILES string of the molecule is COC(=O)CC[C@@H](CO)N(C=O)OC(C)(C)C. The molecular formula is C11H21NO5. The molecule has 0 rings (SSSR count). The van der Waals surface area contributed by atoms with E-state index in [-0.39, 0.29) is 25.4 Å². The van der Waals surface area contributed by atoms with Crippen LogP contribution in [0.25, 0.3) is 0 Å². The van der Waals surface area contributed by atoms with Gasteiger partial charge in [-0.1, -0.05) is 0 Å². The zero-order valence-corrected chi connectivity index (χ0v) is 10.8. The lowest BCUT2D eigenvalue weighted by Gasteiger charge is -2.31. The van der Waals surface area contributed by atoms with Gasteiger partial charge in [0.1, 0.15) is 0 Å². The fourth-order valence-corrected chi connectivity index (χ4v) is 1.18. The monoisotopic (exact) mass is 247 g/mol. The predicted molar refractivity (Wildman–Crippen MR) is 60.9 cm³/mol. The van der Waals surface area contributed by atoms with Crippen molar-refractivity contribution in [3.63, 3.8) is 0 Å². The number of esters is 1. The van der Waals surface area contributed by atoms with Crippen LogP contribution in [-0.2, 0) is 19.2 Å². The number of methoxy groups -OCH3 is 1. The molecule has 0 spiro atoms. The van der Waals surface area contributed by atoms with Crippen molar-refractivity contribution in [2.45, 2.75) is 45.3 Å². The van der Waals surface area contributed by atoms with Crippen LogP contribution in [0, 0.1) is 0 Å². The standard InChI is InChI=1S/C11H21NO5/c1-11(2,3)17-12(8-14)9(7-13)5-6-10(15)16-4/h8-9,13H,5-7H2,1-4H3/t9-/m0/s1. The van der Waals surface area contributed by atoms with Crippen LogP contribution < -0.4 is 0 Å². The van der Waals surface area contributed by atoms with E-state index in [1.54, 1.807) is 20.8 Å². The fourth-order valence-electron chi connectivity index (χ4n) is 1.18. The molecule has 0 aliphatic carbocycles. The number of rotatable bonds is 7. The summed E-state index contributed by atoms with van der Waals surface area (Å²) in [4.78, 5) is 27.2. The van der Waals surface area contributed by atoms with Crippen LogP contribution >= 0.6 is 0 Å². The van der Waals surface area contributed by atoms with Gasteiger partial charge in [0, 0.05) is 6.42 Å². The molecule has 6 heteroatoms. The Labute approximate surface area is 101 Å². The highest BCUT2D eigenvalue weighted by atomic mass is 16.7. The highest BCUT2D eigenvalue weighted by Crippen LogP contribution is 2.14. The molecule has 6 nitrogen and oxygen atoms in total. The highest BCUT2D eigenvalue weighted by molar-refractivity contribution is 5.69. The molecule has 0 bridgehead atoms. The van der Waals surface area contributed by atoms with E-state index in [9.17, 15) is 14.7 Å². The molecule has 0 aromatic heterocycles. The molecule has 0 heterocycles. The van der Waals surface area contributed by atoms with Crippen LogP contribution in [0.4, 0.5) is 0 Å². The molecular weight excluding hydrogens is 226 g/mol. The minimum atomic E-state index is -0.550. The Balaban J connectivity index is 4.38. The zero-order valence-electron chi connectivity index (χ0n) is 10.8. The van der Waals surface area contributed by atoms with Gasteiger partial charge in [-0.3, -0.25) is 14.4 Å². The smallest absolute Gasteiger partial charge is 0.305 e. The van der Waals surface area contributed by atoms with Gasteiger partial charge in [0.05, 0.1) is 25.4 Å². The Bertz CT molecular complexity index is 249. The van der Waals surface area contributed by atoms with Gasteiger partial charge >= 0.3 is 5.97 Å². The quantitative estimate of drug-likeness (QED) is 0.402. The molecule has 1 N–H and O–H groups in total. The van der Waals surface area contributed by atoms with Crippen molar-refractivity contribution >= 4 is 12.4 Å². The number of amides is 1. The molecule has 0 fully saturated rings. The van der Waals surface area contributed by atoms with E-state index in [0.717, 1.165) is 5.06 Å². The summed E-state index contributed by atoms with van der Waals surface area (Å²) >= 11 is 0. The molecule has 100 valence electrons. The summed E-state index contributed by atoms with van der Waals surface area (Å²) in [6.07, 6.45) is 0.918. The fraction of sp³-hybridized carbons (Fsp3) is 0.818. The molecule has 1 atom stereocenters. The number of aliphatic hydroxyl groups excluding tert-OH is 1. The zero-order chi connectivity index (χ0) is 13.5. The second kappa shape index (κ2) is 7.24. The molecule has 0 unspecified atom stereocenters. The first-order valence-electron chi connectivity index (χ1n) is 5.44. The first-order chi connectivity index (χ1) is 7.84. The Hall–Kier alpha value is -1.14. The van der Waals surface area contributed by atoms with Gasteiger partial charge in [-0.2, -0.15) is 0 Å². The molecule has 0 saturated heterocycles.